The molecule has 10 aliphatic carbocycles. The third kappa shape index (κ3) is 6.30. The molecular formula is C65H74N2O4. The number of dihydropyridines is 1. The maximum atomic E-state index is 13.7. The molecular weight excluding hydrogens is 873 g/mol. The van der Waals surface area contributed by atoms with Gasteiger partial charge < -0.3 is 26.4 Å². The van der Waals surface area contributed by atoms with Crippen LogP contribution in [-0.2, 0) is 4.79 Å². The fourth-order valence-electron chi connectivity index (χ4n) is 19.0. The smallest absolute Gasteiger partial charge is 0.306 e. The van der Waals surface area contributed by atoms with Crippen LogP contribution in [-0.4, -0.2) is 40.0 Å². The van der Waals surface area contributed by atoms with Crippen LogP contribution in [0, 0.1) is 80.3 Å². The number of allylic oxidation sites excluding steroid dienone is 10. The first-order valence-electron chi connectivity index (χ1n) is 27.7. The Balaban J connectivity index is 0.974. The predicted octanol–water partition coefficient (Wildman–Crippen LogP) is 10.6. The molecule has 2 aromatic rings. The van der Waals surface area contributed by atoms with E-state index in [2.05, 4.69) is 130 Å². The molecule has 0 radical (unpaired) electrons. The molecule has 14 atom stereocenters. The van der Waals surface area contributed by atoms with Crippen LogP contribution in [0.2, 0.25) is 0 Å². The van der Waals surface area contributed by atoms with E-state index in [1.54, 1.807) is 5.57 Å². The van der Waals surface area contributed by atoms with Gasteiger partial charge in [0.1, 0.15) is 0 Å². The number of nitrogens with one attached hydrogen (secondary N) is 1. The molecule has 71 heavy (non-hydrogen) atoms. The van der Waals surface area contributed by atoms with E-state index in [4.69, 9.17) is 5.73 Å². The van der Waals surface area contributed by atoms with Gasteiger partial charge in [-0.2, -0.15) is 0 Å². The van der Waals surface area contributed by atoms with Crippen molar-refractivity contribution in [2.24, 2.45) is 74.2 Å². The Bertz CT molecular complexity index is 3060. The van der Waals surface area contributed by atoms with E-state index < -0.39 is 45.8 Å². The molecule has 0 spiro atoms. The standard InChI is InChI=1S/C65H74N2O4/c1-38(39(2)40-12-6-5-7-13-40)17-23-47(59(70)71)58-53(68)36-62(4)52-35-63-27-11-29-64-28-10-15-42-20-18-41-19-21-43(45-22-24-55(66)67-37-45)32-48(41)56(42)57-46-16-9-8-14-44(46)33-51(49(57)34-63)65(60(63)64,31-26-54(64)69)50(52)25-30-61(58,62)3/h8-9,11,14,16,18-22,24,27,32-34,39-40,42,47,51,53-54,56,58,60,67-69H,1,5-7,12-13,17,23,25-26,28-31,35-37,66H2,2-4H3,(H,70,71)/t39-,42+,47-,51-,53-,54+,56+,58+,60?,61-,62+,63-,64-,65-/m1/s1. The molecule has 3 saturated carbocycles. The lowest BCUT2D eigenvalue weighted by molar-refractivity contribution is -0.166. The number of benzene rings is 2. The lowest BCUT2D eigenvalue weighted by Gasteiger charge is -2.73. The maximum Gasteiger partial charge on any atom is 0.306 e. The van der Waals surface area contributed by atoms with Crippen molar-refractivity contribution in [2.45, 2.75) is 135 Å². The summed E-state index contributed by atoms with van der Waals surface area (Å²) in [5.74, 6) is 7.91. The number of carbonyl (C=O) groups is 1. The molecule has 2 aromatic carbocycles. The van der Waals surface area contributed by atoms with Crippen molar-refractivity contribution in [1.82, 2.24) is 5.32 Å². The average molecular weight is 947 g/mol. The lowest BCUT2D eigenvalue weighted by atomic mass is 9.31. The van der Waals surface area contributed by atoms with Crippen LogP contribution < -0.4 is 21.5 Å². The molecule has 0 aromatic heterocycles. The summed E-state index contributed by atoms with van der Waals surface area (Å²) in [4.78, 5) is 13.7. The van der Waals surface area contributed by atoms with Crippen LogP contribution in [0.4, 0.5) is 0 Å². The minimum absolute atomic E-state index is 0.0147. The van der Waals surface area contributed by atoms with Crippen LogP contribution in [0.1, 0.15) is 140 Å². The van der Waals surface area contributed by atoms with Gasteiger partial charge in [0.2, 0.25) is 0 Å². The van der Waals surface area contributed by atoms with Gasteiger partial charge in [0, 0.05) is 52.9 Å². The highest BCUT2D eigenvalue weighted by Gasteiger charge is 2.75. The van der Waals surface area contributed by atoms with Crippen LogP contribution in [0.5, 0.6) is 0 Å². The Morgan fingerprint density at radius 3 is 2.66 bits per heavy atom. The fourth-order valence-corrected chi connectivity index (χ4v) is 19.0. The van der Waals surface area contributed by atoms with Crippen molar-refractivity contribution >= 4 is 29.3 Å². The van der Waals surface area contributed by atoms with Gasteiger partial charge in [-0.3, -0.25) is 4.79 Å². The molecule has 1 aliphatic heterocycles. The molecule has 1 unspecified atom stereocenters. The predicted molar refractivity (Wildman–Crippen MR) is 284 cm³/mol. The number of aliphatic carboxylic acids is 1. The summed E-state index contributed by atoms with van der Waals surface area (Å²) in [6, 6.07) is 16.1. The van der Waals surface area contributed by atoms with Crippen molar-refractivity contribution in [1.29, 1.82) is 0 Å². The number of rotatable bonds is 8. The van der Waals surface area contributed by atoms with Gasteiger partial charge in [-0.1, -0.05) is 154 Å². The van der Waals surface area contributed by atoms with Gasteiger partial charge >= 0.3 is 5.97 Å². The largest absolute Gasteiger partial charge is 0.481 e. The van der Waals surface area contributed by atoms with Crippen LogP contribution >= 0.6 is 0 Å². The highest BCUT2D eigenvalue weighted by atomic mass is 16.4. The number of aliphatic hydroxyl groups is 2. The minimum atomic E-state index is -0.771. The van der Waals surface area contributed by atoms with Gasteiger partial charge in [-0.15, -0.1) is 5.92 Å². The van der Waals surface area contributed by atoms with Crippen molar-refractivity contribution in [3.8, 4) is 11.8 Å². The molecule has 1 heterocycles. The quantitative estimate of drug-likeness (QED) is 0.133. The summed E-state index contributed by atoms with van der Waals surface area (Å²) < 4.78 is 0. The van der Waals surface area contributed by atoms with E-state index in [9.17, 15) is 20.1 Å². The number of carboxylic acids is 1. The highest BCUT2D eigenvalue weighted by molar-refractivity contribution is 5.83. The number of hydrogen-bond acceptors (Lipinski definition) is 5. The first kappa shape index (κ1) is 45.7. The molecule has 6 heteroatoms. The molecule has 6 nitrogen and oxygen atoms in total. The Morgan fingerprint density at radius 2 is 1.86 bits per heavy atom. The summed E-state index contributed by atoms with van der Waals surface area (Å²) in [5, 5.41) is 42.6. The van der Waals surface area contributed by atoms with Gasteiger partial charge in [0.25, 0.3) is 0 Å². The second-order valence-electron chi connectivity index (χ2n) is 25.1. The average Bonchev–Trinajstić information content (AvgIpc) is 3.57. The van der Waals surface area contributed by atoms with Crippen molar-refractivity contribution in [2.75, 3.05) is 6.54 Å². The van der Waals surface area contributed by atoms with Crippen molar-refractivity contribution in [3.05, 3.63) is 141 Å². The van der Waals surface area contributed by atoms with Gasteiger partial charge in [-0.05, 0) is 149 Å². The van der Waals surface area contributed by atoms with Crippen molar-refractivity contribution in [3.63, 3.8) is 0 Å². The molecule has 5 bridgehead atoms. The zero-order valence-corrected chi connectivity index (χ0v) is 42.3. The topological polar surface area (TPSA) is 116 Å². The summed E-state index contributed by atoms with van der Waals surface area (Å²) in [7, 11) is 0. The summed E-state index contributed by atoms with van der Waals surface area (Å²) in [6.45, 7) is 12.4. The molecule has 368 valence electrons. The fraction of sp³-hybridized carbons (Fsp3) is 0.523. The number of nitrogens with two attached hydrogens (primary N) is 1. The number of aliphatic hydroxyl groups excluding tert-OH is 2. The van der Waals surface area contributed by atoms with Crippen LogP contribution in [0.15, 0.2) is 114 Å². The minimum Gasteiger partial charge on any atom is -0.481 e. The van der Waals surface area contributed by atoms with E-state index in [0.29, 0.717) is 49.9 Å². The summed E-state index contributed by atoms with van der Waals surface area (Å²) in [5.41, 5.74) is 16.3. The van der Waals surface area contributed by atoms with Crippen LogP contribution in [0.3, 0.4) is 0 Å². The van der Waals surface area contributed by atoms with E-state index in [-0.39, 0.29) is 35.0 Å². The Morgan fingerprint density at radius 1 is 1.03 bits per heavy atom. The van der Waals surface area contributed by atoms with E-state index in [1.165, 1.54) is 87.1 Å². The lowest BCUT2D eigenvalue weighted by Crippen LogP contribution is -2.68. The number of carboxylic acid groups (broad SMARTS) is 1. The van der Waals surface area contributed by atoms with Gasteiger partial charge in [0.15, 0.2) is 0 Å². The third-order valence-corrected chi connectivity index (χ3v) is 22.4. The van der Waals surface area contributed by atoms with Gasteiger partial charge in [-0.25, -0.2) is 0 Å². The van der Waals surface area contributed by atoms with Crippen molar-refractivity contribution < 1.29 is 20.1 Å². The van der Waals surface area contributed by atoms with E-state index in [1.807, 2.05) is 6.08 Å². The van der Waals surface area contributed by atoms with Crippen LogP contribution in [0.25, 0.3) is 23.3 Å². The first-order chi connectivity index (χ1) is 34.2. The van der Waals surface area contributed by atoms with Gasteiger partial charge in [0.05, 0.1) is 23.9 Å². The van der Waals surface area contributed by atoms with E-state index >= 15 is 0 Å². The monoisotopic (exact) mass is 947 g/mol. The molecule has 0 amide bonds. The van der Waals surface area contributed by atoms with E-state index in [0.717, 1.165) is 38.5 Å². The Kier molecular flexibility index (Phi) is 10.4. The zero-order valence-electron chi connectivity index (χ0n) is 42.3. The molecule has 11 aliphatic rings. The SMILES string of the molecule is C=C(CC[C@@H](C(=O)O)[C@H]1[C@H](O)C[C@@]2(C)C3=C(CC[C@]12C)[C@]12CC[C@H](O)[C@@]45CC#C[C@H]6C=Cc7ccc(C8=CC=C(N)NC8)cc7[C@H]6C6=c7ccccc7=C[C@@H]1C6=C[C@](C=CC4)(C3)C52)[C@@H](C)C1CCCCC1. The molecule has 0 saturated heterocycles. The zero-order chi connectivity index (χ0) is 48.8. The molecule has 6 N–H and O–H groups in total. The Hall–Kier alpha value is -5.09. The second-order valence-corrected chi connectivity index (χ2v) is 25.1. The highest BCUT2D eigenvalue weighted by Crippen LogP contribution is 2.81. The summed E-state index contributed by atoms with van der Waals surface area (Å²) in [6.07, 6.45) is 31.7. The normalized spacial score (nSPS) is 39.7. The number of fused-ring (bicyclic) bond motifs is 7. The third-order valence-electron chi connectivity index (χ3n) is 22.4. The number of hydrogen-bond donors (Lipinski definition) is 5. The second kappa shape index (κ2) is 16.2. The molecule has 13 rings (SSSR count). The maximum absolute atomic E-state index is 13.7. The first-order valence-corrected chi connectivity index (χ1v) is 27.7. The Labute approximate surface area is 421 Å². The summed E-state index contributed by atoms with van der Waals surface area (Å²) >= 11 is 0. The molecule has 3 fully saturated rings.